The molecule has 0 bridgehead atoms. The largest absolute Gasteiger partial charge is 0.372 e. The zero-order chi connectivity index (χ0) is 16.2. The average molecular weight is 317 g/mol. The molecule has 0 saturated carbocycles. The van der Waals surface area contributed by atoms with Crippen LogP contribution < -0.4 is 15.1 Å². The summed E-state index contributed by atoms with van der Waals surface area (Å²) >= 11 is 0. The van der Waals surface area contributed by atoms with E-state index in [1.54, 1.807) is 14.0 Å². The van der Waals surface area contributed by atoms with Crippen molar-refractivity contribution in [3.05, 3.63) is 18.2 Å². The Morgan fingerprint density at radius 1 is 1.04 bits per heavy atom. The highest BCUT2D eigenvalue weighted by Gasteiger charge is 2.24. The number of ether oxygens (including phenoxy) is 1. The van der Waals surface area contributed by atoms with Crippen molar-refractivity contribution in [2.24, 2.45) is 0 Å². The molecule has 0 aliphatic carbocycles. The van der Waals surface area contributed by atoms with Crippen LogP contribution in [0, 0.1) is 0 Å². The van der Waals surface area contributed by atoms with Gasteiger partial charge in [0.15, 0.2) is 0 Å². The van der Waals surface area contributed by atoms with E-state index in [4.69, 9.17) is 4.74 Å². The zero-order valence-electron chi connectivity index (χ0n) is 14.2. The molecule has 126 valence electrons. The lowest BCUT2D eigenvalue weighted by Crippen LogP contribution is -2.30. The highest BCUT2D eigenvalue weighted by atomic mass is 16.5. The first-order valence-corrected chi connectivity index (χ1v) is 8.67. The van der Waals surface area contributed by atoms with Crippen LogP contribution in [0.2, 0.25) is 0 Å². The van der Waals surface area contributed by atoms with Gasteiger partial charge in [-0.1, -0.05) is 6.07 Å². The van der Waals surface area contributed by atoms with Gasteiger partial charge in [0.05, 0.1) is 17.1 Å². The summed E-state index contributed by atoms with van der Waals surface area (Å²) in [4.78, 5) is 17.2. The van der Waals surface area contributed by atoms with Crippen LogP contribution in [-0.4, -0.2) is 45.3 Å². The van der Waals surface area contributed by atoms with E-state index in [0.717, 1.165) is 43.2 Å². The van der Waals surface area contributed by atoms with E-state index in [1.807, 2.05) is 0 Å². The number of nitrogens with one attached hydrogen (secondary N) is 1. The molecule has 0 aromatic heterocycles. The Morgan fingerprint density at radius 2 is 1.52 bits per heavy atom. The number of nitrogens with zero attached hydrogens (tertiary/aromatic N) is 2. The van der Waals surface area contributed by atoms with Gasteiger partial charge in [-0.05, 0) is 44.7 Å². The average Bonchev–Trinajstić information content (AvgIpc) is 3.27. The molecule has 0 radical (unpaired) electrons. The second-order valence-electron chi connectivity index (χ2n) is 6.43. The van der Waals surface area contributed by atoms with Gasteiger partial charge in [-0.25, -0.2) is 0 Å². The van der Waals surface area contributed by atoms with E-state index >= 15 is 0 Å². The maximum atomic E-state index is 12.4. The van der Waals surface area contributed by atoms with Crippen LogP contribution in [0.4, 0.5) is 17.1 Å². The number of para-hydroxylation sites is 1. The van der Waals surface area contributed by atoms with Crippen LogP contribution in [0.1, 0.15) is 32.6 Å². The summed E-state index contributed by atoms with van der Waals surface area (Å²) in [7, 11) is 1.57. The van der Waals surface area contributed by atoms with Crippen LogP contribution >= 0.6 is 0 Å². The molecular weight excluding hydrogens is 290 g/mol. The van der Waals surface area contributed by atoms with Crippen molar-refractivity contribution >= 4 is 23.0 Å². The van der Waals surface area contributed by atoms with Gasteiger partial charge in [-0.15, -0.1) is 0 Å². The summed E-state index contributed by atoms with van der Waals surface area (Å²) in [6.45, 7) is 6.03. The molecule has 23 heavy (non-hydrogen) atoms. The molecule has 2 aliphatic rings. The monoisotopic (exact) mass is 317 g/mol. The van der Waals surface area contributed by atoms with Gasteiger partial charge >= 0.3 is 0 Å². The number of hydrogen-bond acceptors (Lipinski definition) is 4. The number of amides is 1. The lowest BCUT2D eigenvalue weighted by Gasteiger charge is -2.28. The second kappa shape index (κ2) is 7.21. The van der Waals surface area contributed by atoms with E-state index in [1.165, 1.54) is 25.7 Å². The first-order chi connectivity index (χ1) is 11.2. The summed E-state index contributed by atoms with van der Waals surface area (Å²) in [5.41, 5.74) is 3.23. The molecule has 2 heterocycles. The van der Waals surface area contributed by atoms with E-state index in [-0.39, 0.29) is 5.91 Å². The standard InChI is InChI=1S/C18H27N3O2/c1-14(23-2)18(22)19-17-15(20-10-3-4-11-20)8-7-9-16(17)21-12-5-6-13-21/h7-9,14H,3-6,10-13H2,1-2H3,(H,19,22). The topological polar surface area (TPSA) is 44.8 Å². The minimum absolute atomic E-state index is 0.0837. The van der Waals surface area contributed by atoms with Gasteiger partial charge in [0.25, 0.3) is 5.91 Å². The van der Waals surface area contributed by atoms with Crippen molar-refractivity contribution in [3.63, 3.8) is 0 Å². The minimum atomic E-state index is -0.451. The van der Waals surface area contributed by atoms with E-state index < -0.39 is 6.10 Å². The van der Waals surface area contributed by atoms with Crippen LogP contribution in [0.5, 0.6) is 0 Å². The Morgan fingerprint density at radius 3 is 1.96 bits per heavy atom. The number of hydrogen-bond donors (Lipinski definition) is 1. The number of carbonyl (C=O) groups is 1. The molecule has 1 amide bonds. The smallest absolute Gasteiger partial charge is 0.253 e. The molecule has 2 fully saturated rings. The predicted molar refractivity (Wildman–Crippen MR) is 94.4 cm³/mol. The molecule has 0 spiro atoms. The Bertz CT molecular complexity index is 515. The second-order valence-corrected chi connectivity index (χ2v) is 6.43. The molecule has 1 atom stereocenters. The number of carbonyl (C=O) groups excluding carboxylic acids is 1. The van der Waals surface area contributed by atoms with Gasteiger partial charge in [0.1, 0.15) is 6.10 Å². The fraction of sp³-hybridized carbons (Fsp3) is 0.611. The van der Waals surface area contributed by atoms with Crippen molar-refractivity contribution in [2.75, 3.05) is 48.4 Å². The van der Waals surface area contributed by atoms with Crippen molar-refractivity contribution < 1.29 is 9.53 Å². The van der Waals surface area contributed by atoms with Crippen LogP contribution in [0.15, 0.2) is 18.2 Å². The summed E-state index contributed by atoms with van der Waals surface area (Å²) < 4.78 is 5.18. The van der Waals surface area contributed by atoms with E-state index in [0.29, 0.717) is 0 Å². The van der Waals surface area contributed by atoms with Crippen LogP contribution in [0.25, 0.3) is 0 Å². The normalized spacial score (nSPS) is 19.2. The first kappa shape index (κ1) is 16.1. The Balaban J connectivity index is 1.94. The third-order valence-electron chi connectivity index (χ3n) is 4.88. The SMILES string of the molecule is COC(C)C(=O)Nc1c(N2CCCC2)cccc1N1CCCC1. The van der Waals surface area contributed by atoms with Crippen molar-refractivity contribution in [3.8, 4) is 0 Å². The number of benzene rings is 1. The molecule has 2 aliphatic heterocycles. The number of methoxy groups -OCH3 is 1. The molecule has 5 heteroatoms. The molecule has 2 saturated heterocycles. The van der Waals surface area contributed by atoms with Crippen LogP contribution in [-0.2, 0) is 9.53 Å². The van der Waals surface area contributed by atoms with Gasteiger partial charge in [-0.3, -0.25) is 4.79 Å². The van der Waals surface area contributed by atoms with E-state index in [9.17, 15) is 4.79 Å². The van der Waals surface area contributed by atoms with Gasteiger partial charge < -0.3 is 19.9 Å². The van der Waals surface area contributed by atoms with Gasteiger partial charge in [0.2, 0.25) is 0 Å². The molecule has 5 nitrogen and oxygen atoms in total. The quantitative estimate of drug-likeness (QED) is 0.907. The van der Waals surface area contributed by atoms with Crippen LogP contribution in [0.3, 0.4) is 0 Å². The molecule has 1 unspecified atom stereocenters. The maximum absolute atomic E-state index is 12.4. The summed E-state index contributed by atoms with van der Waals surface area (Å²) in [6.07, 6.45) is 4.42. The fourth-order valence-corrected chi connectivity index (χ4v) is 3.43. The molecule has 1 N–H and O–H groups in total. The predicted octanol–water partition coefficient (Wildman–Crippen LogP) is 2.86. The lowest BCUT2D eigenvalue weighted by molar-refractivity contribution is -0.124. The molecule has 1 aromatic rings. The Hall–Kier alpha value is -1.75. The third kappa shape index (κ3) is 3.44. The number of anilines is 3. The highest BCUT2D eigenvalue weighted by Crippen LogP contribution is 2.38. The first-order valence-electron chi connectivity index (χ1n) is 8.67. The maximum Gasteiger partial charge on any atom is 0.253 e. The zero-order valence-corrected chi connectivity index (χ0v) is 14.2. The Kier molecular flexibility index (Phi) is 5.06. The Labute approximate surface area is 138 Å². The fourth-order valence-electron chi connectivity index (χ4n) is 3.43. The summed E-state index contributed by atoms with van der Waals surface area (Å²) in [5.74, 6) is -0.0837. The van der Waals surface area contributed by atoms with Gasteiger partial charge in [0, 0.05) is 33.3 Å². The summed E-state index contributed by atoms with van der Waals surface area (Å²) in [6, 6.07) is 6.35. The van der Waals surface area contributed by atoms with Crippen molar-refractivity contribution in [1.29, 1.82) is 0 Å². The molecule has 1 aromatic carbocycles. The third-order valence-corrected chi connectivity index (χ3v) is 4.88. The number of rotatable bonds is 5. The lowest BCUT2D eigenvalue weighted by atomic mass is 10.1. The summed E-state index contributed by atoms with van der Waals surface area (Å²) in [5, 5.41) is 3.14. The van der Waals surface area contributed by atoms with Gasteiger partial charge in [-0.2, -0.15) is 0 Å². The van der Waals surface area contributed by atoms with E-state index in [2.05, 4.69) is 33.3 Å². The highest BCUT2D eigenvalue weighted by molar-refractivity contribution is 6.01. The molecule has 3 rings (SSSR count). The van der Waals surface area contributed by atoms with Crippen molar-refractivity contribution in [2.45, 2.75) is 38.7 Å². The minimum Gasteiger partial charge on any atom is -0.372 e. The molecular formula is C18H27N3O2. The van der Waals surface area contributed by atoms with Crippen molar-refractivity contribution in [1.82, 2.24) is 0 Å².